The number of benzene rings is 1. The lowest BCUT2D eigenvalue weighted by atomic mass is 10.3. The highest BCUT2D eigenvalue weighted by Gasteiger charge is 2.16. The second kappa shape index (κ2) is 5.44. The molecule has 2 N–H and O–H groups in total. The zero-order valence-corrected chi connectivity index (χ0v) is 11.4. The number of ether oxygens (including phenoxy) is 1. The number of aromatic nitrogens is 2. The molecule has 1 saturated heterocycles. The molecule has 100 valence electrons. The maximum Gasteiger partial charge on any atom is 0.208 e. The first-order valence-corrected chi connectivity index (χ1v) is 7.19. The Labute approximate surface area is 116 Å². The Morgan fingerprint density at radius 2 is 2.00 bits per heavy atom. The number of nitrogens with two attached hydrogens (primary N) is 1. The van der Waals surface area contributed by atoms with Crippen LogP contribution < -0.4 is 15.4 Å². The second-order valence-electron chi connectivity index (χ2n) is 4.50. The van der Waals surface area contributed by atoms with E-state index < -0.39 is 0 Å². The van der Waals surface area contributed by atoms with Crippen LogP contribution >= 0.6 is 11.3 Å². The van der Waals surface area contributed by atoms with Gasteiger partial charge in [0.2, 0.25) is 5.13 Å². The fraction of sp³-hybridized carbons (Fsp3) is 0.385. The molecule has 0 amide bonds. The summed E-state index contributed by atoms with van der Waals surface area (Å²) in [6, 6.07) is 7.48. The minimum Gasteiger partial charge on any atom is -0.484 e. The number of anilines is 2. The fourth-order valence-electron chi connectivity index (χ4n) is 2.09. The van der Waals surface area contributed by atoms with Crippen LogP contribution in [-0.4, -0.2) is 23.3 Å². The molecule has 1 fully saturated rings. The van der Waals surface area contributed by atoms with Crippen LogP contribution in [0.3, 0.4) is 0 Å². The lowest BCUT2D eigenvalue weighted by Gasteiger charge is -2.11. The summed E-state index contributed by atoms with van der Waals surface area (Å²) in [5.41, 5.74) is 6.47. The fourth-order valence-corrected chi connectivity index (χ4v) is 2.89. The minimum atomic E-state index is 0.416. The van der Waals surface area contributed by atoms with Crippen LogP contribution in [0.2, 0.25) is 0 Å². The van der Waals surface area contributed by atoms with Gasteiger partial charge in [-0.15, -0.1) is 10.2 Å². The van der Waals surface area contributed by atoms with Gasteiger partial charge in [-0.3, -0.25) is 0 Å². The first-order valence-electron chi connectivity index (χ1n) is 6.37. The molecular weight excluding hydrogens is 260 g/mol. The minimum absolute atomic E-state index is 0.416. The van der Waals surface area contributed by atoms with Gasteiger partial charge < -0.3 is 15.4 Å². The maximum absolute atomic E-state index is 5.82. The smallest absolute Gasteiger partial charge is 0.208 e. The molecule has 0 atom stereocenters. The van der Waals surface area contributed by atoms with Gasteiger partial charge in [0.05, 0.1) is 5.69 Å². The summed E-state index contributed by atoms with van der Waals surface area (Å²) < 4.78 is 5.66. The van der Waals surface area contributed by atoms with Gasteiger partial charge in [-0.05, 0) is 25.0 Å². The highest BCUT2D eigenvalue weighted by Crippen LogP contribution is 2.26. The topological polar surface area (TPSA) is 64.3 Å². The highest BCUT2D eigenvalue weighted by molar-refractivity contribution is 7.15. The van der Waals surface area contributed by atoms with E-state index in [4.69, 9.17) is 10.5 Å². The van der Waals surface area contributed by atoms with E-state index in [2.05, 4.69) is 15.1 Å². The van der Waals surface area contributed by atoms with Crippen LogP contribution in [0.5, 0.6) is 5.75 Å². The van der Waals surface area contributed by atoms with Gasteiger partial charge in [0, 0.05) is 13.1 Å². The van der Waals surface area contributed by atoms with Crippen LogP contribution in [0.4, 0.5) is 10.8 Å². The molecule has 0 saturated carbocycles. The molecule has 1 aromatic carbocycles. The largest absolute Gasteiger partial charge is 0.484 e. The number of hydrogen-bond donors (Lipinski definition) is 1. The third kappa shape index (κ3) is 2.78. The Kier molecular flexibility index (Phi) is 3.50. The van der Waals surface area contributed by atoms with Crippen molar-refractivity contribution in [1.29, 1.82) is 0 Å². The van der Waals surface area contributed by atoms with Crippen molar-refractivity contribution in [2.75, 3.05) is 23.7 Å². The molecule has 0 radical (unpaired) electrons. The molecule has 1 aliphatic heterocycles. The van der Waals surface area contributed by atoms with Crippen molar-refractivity contribution >= 4 is 22.2 Å². The maximum atomic E-state index is 5.82. The molecule has 0 spiro atoms. The normalized spacial score (nSPS) is 14.8. The summed E-state index contributed by atoms with van der Waals surface area (Å²) >= 11 is 1.59. The summed E-state index contributed by atoms with van der Waals surface area (Å²) in [7, 11) is 0. The summed E-state index contributed by atoms with van der Waals surface area (Å²) in [5, 5.41) is 10.3. The van der Waals surface area contributed by atoms with Gasteiger partial charge in [-0.1, -0.05) is 23.5 Å². The Bertz CT molecular complexity index is 551. The zero-order chi connectivity index (χ0) is 13.1. The highest BCUT2D eigenvalue weighted by atomic mass is 32.1. The van der Waals surface area contributed by atoms with Crippen LogP contribution in [0, 0.1) is 0 Å². The van der Waals surface area contributed by atoms with E-state index in [-0.39, 0.29) is 0 Å². The molecule has 1 aliphatic rings. The molecule has 2 heterocycles. The molecule has 19 heavy (non-hydrogen) atoms. The summed E-state index contributed by atoms with van der Waals surface area (Å²) in [4.78, 5) is 2.28. The van der Waals surface area contributed by atoms with Crippen LogP contribution in [0.25, 0.3) is 0 Å². The van der Waals surface area contributed by atoms with E-state index in [1.807, 2.05) is 24.3 Å². The molecule has 0 unspecified atom stereocenters. The average Bonchev–Trinajstić information content (AvgIpc) is 3.09. The van der Waals surface area contributed by atoms with E-state index >= 15 is 0 Å². The molecule has 1 aromatic heterocycles. The second-order valence-corrected chi connectivity index (χ2v) is 5.54. The molecule has 0 bridgehead atoms. The number of nitrogen functional groups attached to an aromatic ring is 1. The molecule has 2 aromatic rings. The summed E-state index contributed by atoms with van der Waals surface area (Å²) in [6.45, 7) is 2.59. The first-order chi connectivity index (χ1) is 9.33. The van der Waals surface area contributed by atoms with Gasteiger partial charge in [0.25, 0.3) is 0 Å². The van der Waals surface area contributed by atoms with E-state index in [9.17, 15) is 0 Å². The number of rotatable bonds is 4. The van der Waals surface area contributed by atoms with Crippen LogP contribution in [-0.2, 0) is 6.61 Å². The van der Waals surface area contributed by atoms with Crippen molar-refractivity contribution in [1.82, 2.24) is 10.2 Å². The van der Waals surface area contributed by atoms with E-state index in [0.29, 0.717) is 18.0 Å². The predicted octanol–water partition coefficient (Wildman–Crippen LogP) is 2.30. The van der Waals surface area contributed by atoms with Crippen LogP contribution in [0.1, 0.15) is 17.8 Å². The lowest BCUT2D eigenvalue weighted by molar-refractivity contribution is 0.306. The quantitative estimate of drug-likeness (QED) is 0.868. The van der Waals surface area contributed by atoms with Crippen molar-refractivity contribution in [3.05, 3.63) is 29.3 Å². The Morgan fingerprint density at radius 1 is 1.21 bits per heavy atom. The average molecular weight is 276 g/mol. The van der Waals surface area contributed by atoms with Crippen molar-refractivity contribution in [3.63, 3.8) is 0 Å². The monoisotopic (exact) mass is 276 g/mol. The summed E-state index contributed by atoms with van der Waals surface area (Å²) in [5.74, 6) is 0.695. The van der Waals surface area contributed by atoms with E-state index in [1.54, 1.807) is 11.3 Å². The van der Waals surface area contributed by atoms with Crippen molar-refractivity contribution in [3.8, 4) is 5.75 Å². The van der Waals surface area contributed by atoms with Crippen LogP contribution in [0.15, 0.2) is 24.3 Å². The van der Waals surface area contributed by atoms with Crippen molar-refractivity contribution < 1.29 is 4.74 Å². The van der Waals surface area contributed by atoms with Crippen molar-refractivity contribution in [2.45, 2.75) is 19.4 Å². The van der Waals surface area contributed by atoms with Gasteiger partial charge in [-0.25, -0.2) is 0 Å². The SMILES string of the molecule is Nc1ccccc1OCc1nnc(N2CCCC2)s1. The standard InChI is InChI=1S/C13H16N4OS/c14-10-5-1-2-6-11(10)18-9-12-15-16-13(19-12)17-7-3-4-8-17/h1-2,5-6H,3-4,7-9,14H2. The van der Waals surface area contributed by atoms with Crippen molar-refractivity contribution in [2.24, 2.45) is 0 Å². The van der Waals surface area contributed by atoms with Gasteiger partial charge >= 0.3 is 0 Å². The summed E-state index contributed by atoms with van der Waals surface area (Å²) in [6.07, 6.45) is 2.48. The number of nitrogens with zero attached hydrogens (tertiary/aromatic N) is 3. The lowest BCUT2D eigenvalue weighted by Crippen LogP contribution is -2.17. The predicted molar refractivity (Wildman–Crippen MR) is 76.5 cm³/mol. The Morgan fingerprint density at radius 3 is 2.79 bits per heavy atom. The first kappa shape index (κ1) is 12.2. The number of para-hydroxylation sites is 2. The number of hydrogen-bond acceptors (Lipinski definition) is 6. The third-order valence-electron chi connectivity index (χ3n) is 3.10. The van der Waals surface area contributed by atoms with Gasteiger partial charge in [0.1, 0.15) is 12.4 Å². The molecule has 0 aliphatic carbocycles. The van der Waals surface area contributed by atoms with Gasteiger partial charge in [0.15, 0.2) is 5.01 Å². The van der Waals surface area contributed by atoms with E-state index in [1.165, 1.54) is 12.8 Å². The third-order valence-corrected chi connectivity index (χ3v) is 4.06. The Hall–Kier alpha value is -1.82. The molecule has 6 heteroatoms. The molecule has 5 nitrogen and oxygen atoms in total. The van der Waals surface area contributed by atoms with Gasteiger partial charge in [-0.2, -0.15) is 0 Å². The molecule has 3 rings (SSSR count). The Balaban J connectivity index is 1.63. The molecular formula is C13H16N4OS. The van der Waals surface area contributed by atoms with E-state index in [0.717, 1.165) is 23.2 Å². The zero-order valence-electron chi connectivity index (χ0n) is 10.6.